The van der Waals surface area contributed by atoms with Crippen molar-refractivity contribution in [2.75, 3.05) is 9.80 Å². The van der Waals surface area contributed by atoms with Crippen molar-refractivity contribution in [3.05, 3.63) is 137 Å². The first kappa shape index (κ1) is 34.3. The molecule has 0 fully saturated rings. The summed E-state index contributed by atoms with van der Waals surface area (Å²) in [6.45, 7) is 23.6. The maximum atomic E-state index is 6.96. The van der Waals surface area contributed by atoms with E-state index in [0.717, 1.165) is 27.6 Å². The summed E-state index contributed by atoms with van der Waals surface area (Å²) in [5, 5.41) is 2.31. The summed E-state index contributed by atoms with van der Waals surface area (Å²) in [6, 6.07) is 39.3. The Kier molecular flexibility index (Phi) is 7.12. The van der Waals surface area contributed by atoms with Gasteiger partial charge in [0, 0.05) is 39.2 Å². The van der Waals surface area contributed by atoms with Crippen molar-refractivity contribution in [1.82, 2.24) is 0 Å². The first-order valence-corrected chi connectivity index (χ1v) is 20.2. The number of benzene rings is 6. The van der Waals surface area contributed by atoms with E-state index < -0.39 is 0 Å². The second-order valence-electron chi connectivity index (χ2n) is 19.1. The molecule has 0 amide bonds. The highest BCUT2D eigenvalue weighted by atomic mass is 16.3. The normalized spacial score (nSPS) is 16.6. The van der Waals surface area contributed by atoms with E-state index in [9.17, 15) is 0 Å². The maximum Gasteiger partial charge on any atom is 0.252 e. The Bertz CT molecular complexity index is 2760. The van der Waals surface area contributed by atoms with Gasteiger partial charge < -0.3 is 14.2 Å². The molecule has 2 aliphatic heterocycles. The number of para-hydroxylation sites is 2. The van der Waals surface area contributed by atoms with Gasteiger partial charge in [-0.05, 0) is 136 Å². The monoisotopic (exact) mass is 718 g/mol. The van der Waals surface area contributed by atoms with Gasteiger partial charge in [0.1, 0.15) is 5.58 Å². The van der Waals surface area contributed by atoms with Crippen molar-refractivity contribution in [2.45, 2.75) is 98.3 Å². The smallest absolute Gasteiger partial charge is 0.252 e. The van der Waals surface area contributed by atoms with Crippen molar-refractivity contribution in [3.63, 3.8) is 0 Å². The molecule has 10 rings (SSSR count). The zero-order chi connectivity index (χ0) is 38.3. The van der Waals surface area contributed by atoms with E-state index in [4.69, 9.17) is 4.42 Å². The van der Waals surface area contributed by atoms with Gasteiger partial charge in [-0.3, -0.25) is 0 Å². The second kappa shape index (κ2) is 11.4. The van der Waals surface area contributed by atoms with Crippen molar-refractivity contribution < 1.29 is 4.42 Å². The van der Waals surface area contributed by atoms with Gasteiger partial charge in [-0.15, -0.1) is 0 Å². The number of hydrogen-bond acceptors (Lipinski definition) is 3. The van der Waals surface area contributed by atoms with E-state index in [1.807, 2.05) is 0 Å². The number of hydrogen-bond donors (Lipinski definition) is 0. The molecule has 3 aliphatic rings. The average molecular weight is 719 g/mol. The van der Waals surface area contributed by atoms with Crippen LogP contribution in [0.25, 0.3) is 21.9 Å². The first-order valence-electron chi connectivity index (χ1n) is 20.2. The molecule has 0 atom stereocenters. The van der Waals surface area contributed by atoms with Crippen LogP contribution in [0, 0.1) is 20.8 Å². The lowest BCUT2D eigenvalue weighted by Gasteiger charge is -2.47. The molecule has 0 bridgehead atoms. The minimum Gasteiger partial charge on any atom is -0.454 e. The number of nitrogens with zero attached hydrogens (tertiary/aromatic N) is 2. The number of fused-ring (bicyclic) bond motifs is 9. The summed E-state index contributed by atoms with van der Waals surface area (Å²) >= 11 is 0. The molecule has 0 saturated carbocycles. The Balaban J connectivity index is 1.37. The highest BCUT2D eigenvalue weighted by Crippen LogP contribution is 2.52. The van der Waals surface area contributed by atoms with Gasteiger partial charge in [0.25, 0.3) is 6.71 Å². The van der Waals surface area contributed by atoms with Crippen molar-refractivity contribution >= 4 is 79.2 Å². The van der Waals surface area contributed by atoms with Crippen molar-refractivity contribution in [3.8, 4) is 0 Å². The largest absolute Gasteiger partial charge is 0.454 e. The summed E-state index contributed by atoms with van der Waals surface area (Å²) in [7, 11) is 0. The molecule has 4 heteroatoms. The molecule has 55 heavy (non-hydrogen) atoms. The van der Waals surface area contributed by atoms with Gasteiger partial charge in [0.2, 0.25) is 0 Å². The SMILES string of the molecule is Cc1cc2c3c(c1)N(c1ccccc1C)c1c(ccc4c1oc1ccccc14)B3c1cc3c(cc1N2c1ccc(C(C)(C)C)cc1C)C(C)(C)CCC3(C)C. The molecule has 0 unspecified atom stereocenters. The molecule has 6 aromatic carbocycles. The number of anilines is 6. The predicted molar refractivity (Wildman–Crippen MR) is 236 cm³/mol. The van der Waals surface area contributed by atoms with Gasteiger partial charge in [-0.1, -0.05) is 115 Å². The molecular formula is C51H51BN2O. The van der Waals surface area contributed by atoms with E-state index in [1.54, 1.807) is 0 Å². The average Bonchev–Trinajstić information content (AvgIpc) is 3.52. The predicted octanol–water partition coefficient (Wildman–Crippen LogP) is 12.2. The quantitative estimate of drug-likeness (QED) is 0.166. The zero-order valence-electron chi connectivity index (χ0n) is 34.1. The van der Waals surface area contributed by atoms with Crippen LogP contribution in [0.2, 0.25) is 0 Å². The molecule has 0 saturated heterocycles. The van der Waals surface area contributed by atoms with Crippen LogP contribution in [0.15, 0.2) is 108 Å². The van der Waals surface area contributed by atoms with E-state index >= 15 is 0 Å². The van der Waals surface area contributed by atoms with Crippen LogP contribution in [0.4, 0.5) is 34.1 Å². The van der Waals surface area contributed by atoms with Crippen LogP contribution >= 0.6 is 0 Å². The minimum atomic E-state index is 0.0185. The van der Waals surface area contributed by atoms with Gasteiger partial charge in [-0.2, -0.15) is 0 Å². The highest BCUT2D eigenvalue weighted by molar-refractivity contribution is 7.00. The molecule has 3 heterocycles. The Morgan fingerprint density at radius 3 is 1.95 bits per heavy atom. The van der Waals surface area contributed by atoms with Crippen LogP contribution < -0.4 is 26.2 Å². The van der Waals surface area contributed by atoms with E-state index in [1.165, 1.54) is 91.0 Å². The summed E-state index contributed by atoms with van der Waals surface area (Å²) in [5.41, 5.74) is 21.6. The van der Waals surface area contributed by atoms with Crippen molar-refractivity contribution in [2.24, 2.45) is 0 Å². The topological polar surface area (TPSA) is 19.6 Å². The van der Waals surface area contributed by atoms with Gasteiger partial charge in [0.15, 0.2) is 5.58 Å². The molecule has 0 radical (unpaired) electrons. The van der Waals surface area contributed by atoms with Gasteiger partial charge in [-0.25, -0.2) is 0 Å². The molecule has 3 nitrogen and oxygen atoms in total. The molecule has 1 aromatic heterocycles. The fraction of sp³-hybridized carbons (Fsp3) is 0.294. The Hall–Kier alpha value is -5.22. The van der Waals surface area contributed by atoms with Gasteiger partial charge in [0.05, 0.1) is 5.69 Å². The lowest BCUT2D eigenvalue weighted by molar-refractivity contribution is 0.332. The fourth-order valence-electron chi connectivity index (χ4n) is 10.1. The van der Waals surface area contributed by atoms with Crippen LogP contribution in [0.3, 0.4) is 0 Å². The van der Waals surface area contributed by atoms with Crippen LogP contribution in [0.5, 0.6) is 0 Å². The molecule has 7 aromatic rings. The Morgan fingerprint density at radius 1 is 0.582 bits per heavy atom. The molecule has 1 aliphatic carbocycles. The van der Waals surface area contributed by atoms with Crippen molar-refractivity contribution in [1.29, 1.82) is 0 Å². The summed E-state index contributed by atoms with van der Waals surface area (Å²) in [5.74, 6) is 0. The lowest BCUT2D eigenvalue weighted by Crippen LogP contribution is -2.62. The van der Waals surface area contributed by atoms with E-state index in [0.29, 0.717) is 0 Å². The van der Waals surface area contributed by atoms with Crippen LogP contribution in [-0.2, 0) is 16.2 Å². The summed E-state index contributed by atoms with van der Waals surface area (Å²) in [6.07, 6.45) is 2.35. The first-order chi connectivity index (χ1) is 26.1. The number of rotatable bonds is 2. The summed E-state index contributed by atoms with van der Waals surface area (Å²) < 4.78 is 6.96. The third-order valence-corrected chi connectivity index (χ3v) is 13.3. The molecular weight excluding hydrogens is 667 g/mol. The maximum absolute atomic E-state index is 6.96. The standard InChI is InChI=1S/C51H51BN2O/c1-30-25-43-46-44(26-30)54(40-17-13-11-15-31(40)2)47-38(21-20-35-34-16-12-14-18-45(34)55-48(35)47)52(46)39-28-36-37(51(9,10)24-23-50(36,7)8)29-42(39)53(43)41-22-19-33(27-32(41)3)49(4,5)6/h11-22,25-29H,23-24H2,1-10H3. The third kappa shape index (κ3) is 4.89. The molecule has 0 spiro atoms. The fourth-order valence-corrected chi connectivity index (χ4v) is 10.1. The van der Waals surface area contributed by atoms with Gasteiger partial charge >= 0.3 is 0 Å². The van der Waals surface area contributed by atoms with E-state index in [2.05, 4.69) is 182 Å². The molecule has 0 N–H and O–H groups in total. The lowest BCUT2D eigenvalue weighted by atomic mass is 9.33. The number of furan rings is 1. The second-order valence-corrected chi connectivity index (χ2v) is 19.1. The molecule has 274 valence electrons. The summed E-state index contributed by atoms with van der Waals surface area (Å²) in [4.78, 5) is 5.15. The Morgan fingerprint density at radius 2 is 1.24 bits per heavy atom. The van der Waals surface area contributed by atoms with E-state index in [-0.39, 0.29) is 23.0 Å². The third-order valence-electron chi connectivity index (χ3n) is 13.3. The van der Waals surface area contributed by atoms with Crippen LogP contribution in [-0.4, -0.2) is 6.71 Å². The highest BCUT2D eigenvalue weighted by Gasteiger charge is 2.47. The zero-order valence-corrected chi connectivity index (χ0v) is 34.1. The minimum absolute atomic E-state index is 0.0185. The number of aryl methyl sites for hydroxylation is 3. The van der Waals surface area contributed by atoms with Crippen LogP contribution in [0.1, 0.15) is 94.7 Å². The Labute approximate surface area is 327 Å².